The van der Waals surface area contributed by atoms with Gasteiger partial charge in [-0.1, -0.05) is 35.9 Å². The Morgan fingerprint density at radius 2 is 1.76 bits per heavy atom. The molecule has 0 aliphatic heterocycles. The van der Waals surface area contributed by atoms with Crippen molar-refractivity contribution in [2.75, 3.05) is 18.2 Å². The van der Waals surface area contributed by atoms with Crippen molar-refractivity contribution in [1.29, 1.82) is 0 Å². The molecule has 25 heavy (non-hydrogen) atoms. The highest BCUT2D eigenvalue weighted by Crippen LogP contribution is 2.15. The Kier molecular flexibility index (Phi) is 5.93. The highest BCUT2D eigenvalue weighted by molar-refractivity contribution is 7.90. The monoisotopic (exact) mass is 361 g/mol. The minimum absolute atomic E-state index is 0.0805. The number of esters is 1. The van der Waals surface area contributed by atoms with Gasteiger partial charge in [-0.05, 0) is 30.7 Å². The third-order valence-electron chi connectivity index (χ3n) is 3.38. The quantitative estimate of drug-likeness (QED) is 0.796. The second kappa shape index (κ2) is 7.94. The van der Waals surface area contributed by atoms with Crippen LogP contribution in [-0.4, -0.2) is 33.2 Å². The van der Waals surface area contributed by atoms with Crippen molar-refractivity contribution in [2.24, 2.45) is 0 Å². The molecular formula is C18H19NO5S. The van der Waals surface area contributed by atoms with Crippen molar-refractivity contribution in [3.8, 4) is 0 Å². The molecule has 0 atom stereocenters. The third-order valence-corrected chi connectivity index (χ3v) is 4.49. The normalized spacial score (nSPS) is 11.0. The number of carbonyl (C=O) groups excluding carboxylic acids is 2. The van der Waals surface area contributed by atoms with Gasteiger partial charge in [0.25, 0.3) is 5.91 Å². The molecule has 0 fully saturated rings. The van der Waals surface area contributed by atoms with E-state index in [4.69, 9.17) is 4.74 Å². The van der Waals surface area contributed by atoms with Crippen molar-refractivity contribution in [3.05, 3.63) is 59.7 Å². The number of anilines is 1. The molecule has 1 N–H and O–H groups in total. The molecule has 2 aromatic carbocycles. The first-order valence-electron chi connectivity index (χ1n) is 7.55. The van der Waals surface area contributed by atoms with E-state index >= 15 is 0 Å². The maximum absolute atomic E-state index is 11.8. The molecular weight excluding hydrogens is 342 g/mol. The van der Waals surface area contributed by atoms with Crippen LogP contribution in [0.4, 0.5) is 5.69 Å². The summed E-state index contributed by atoms with van der Waals surface area (Å²) in [6.07, 6.45) is 1.16. The highest BCUT2D eigenvalue weighted by atomic mass is 32.2. The Morgan fingerprint density at radius 3 is 2.40 bits per heavy atom. The van der Waals surface area contributed by atoms with Crippen LogP contribution >= 0.6 is 0 Å². The molecule has 6 nitrogen and oxygen atoms in total. The molecule has 0 aliphatic carbocycles. The van der Waals surface area contributed by atoms with Gasteiger partial charge in [-0.25, -0.2) is 8.42 Å². The summed E-state index contributed by atoms with van der Waals surface area (Å²) in [7, 11) is -3.36. The van der Waals surface area contributed by atoms with Gasteiger partial charge in [0.2, 0.25) is 0 Å². The average molecular weight is 361 g/mol. The summed E-state index contributed by atoms with van der Waals surface area (Å²) in [4.78, 5) is 23.7. The second-order valence-electron chi connectivity index (χ2n) is 5.67. The number of carbonyl (C=O) groups is 2. The van der Waals surface area contributed by atoms with Crippen LogP contribution in [0.1, 0.15) is 11.1 Å². The first-order valence-corrected chi connectivity index (χ1v) is 9.44. The van der Waals surface area contributed by atoms with Crippen LogP contribution in [0, 0.1) is 6.92 Å². The lowest BCUT2D eigenvalue weighted by Crippen LogP contribution is -2.21. The zero-order valence-electron chi connectivity index (χ0n) is 14.0. The fourth-order valence-corrected chi connectivity index (χ4v) is 2.74. The second-order valence-corrected chi connectivity index (χ2v) is 7.69. The van der Waals surface area contributed by atoms with Crippen LogP contribution in [0.15, 0.2) is 53.4 Å². The molecule has 0 unspecified atom stereocenters. The molecule has 2 rings (SSSR count). The molecule has 0 aromatic heterocycles. The van der Waals surface area contributed by atoms with Crippen molar-refractivity contribution >= 4 is 27.4 Å². The number of hydrogen-bond acceptors (Lipinski definition) is 5. The van der Waals surface area contributed by atoms with Crippen molar-refractivity contribution in [2.45, 2.75) is 18.2 Å². The predicted octanol–water partition coefficient (Wildman–Crippen LogP) is 2.12. The summed E-state index contributed by atoms with van der Waals surface area (Å²) in [5, 5.41) is 2.50. The number of benzene rings is 2. The van der Waals surface area contributed by atoms with E-state index in [-0.39, 0.29) is 11.3 Å². The minimum Gasteiger partial charge on any atom is -0.455 e. The Bertz CT molecular complexity index is 873. The zero-order valence-corrected chi connectivity index (χ0v) is 14.8. The Hall–Kier alpha value is -2.67. The topological polar surface area (TPSA) is 89.5 Å². The first kappa shape index (κ1) is 18.7. The summed E-state index contributed by atoms with van der Waals surface area (Å²) in [6.45, 7) is 1.51. The fraction of sp³-hybridized carbons (Fsp3) is 0.222. The minimum atomic E-state index is -3.36. The third kappa shape index (κ3) is 6.04. The van der Waals surface area contributed by atoms with Gasteiger partial charge in [0.1, 0.15) is 0 Å². The van der Waals surface area contributed by atoms with Crippen LogP contribution in [0.3, 0.4) is 0 Å². The number of nitrogens with one attached hydrogen (secondary N) is 1. The Balaban J connectivity index is 1.86. The number of sulfone groups is 1. The van der Waals surface area contributed by atoms with Gasteiger partial charge in [-0.3, -0.25) is 9.59 Å². The predicted molar refractivity (Wildman–Crippen MR) is 94.0 cm³/mol. The molecule has 0 saturated carbocycles. The van der Waals surface area contributed by atoms with E-state index in [0.29, 0.717) is 5.69 Å². The molecule has 132 valence electrons. The molecule has 2 aromatic rings. The van der Waals surface area contributed by atoms with Crippen LogP contribution in [0.25, 0.3) is 0 Å². The SMILES string of the molecule is Cc1ccc(CC(=O)OCC(=O)Nc2cccc(S(C)(=O)=O)c2)cc1. The van der Waals surface area contributed by atoms with Gasteiger partial charge in [-0.15, -0.1) is 0 Å². The van der Waals surface area contributed by atoms with E-state index in [0.717, 1.165) is 17.4 Å². The summed E-state index contributed by atoms with van der Waals surface area (Å²) in [6, 6.07) is 13.3. The first-order chi connectivity index (χ1) is 11.7. The van der Waals surface area contributed by atoms with E-state index in [1.807, 2.05) is 31.2 Å². The lowest BCUT2D eigenvalue weighted by atomic mass is 10.1. The van der Waals surface area contributed by atoms with Gasteiger partial charge in [-0.2, -0.15) is 0 Å². The molecule has 0 radical (unpaired) electrons. The molecule has 7 heteroatoms. The van der Waals surface area contributed by atoms with E-state index in [2.05, 4.69) is 5.32 Å². The van der Waals surface area contributed by atoms with E-state index < -0.39 is 28.3 Å². The molecule has 0 spiro atoms. The number of ether oxygens (including phenoxy) is 1. The molecule has 1 amide bonds. The van der Waals surface area contributed by atoms with Gasteiger partial charge < -0.3 is 10.1 Å². The van der Waals surface area contributed by atoms with Gasteiger partial charge in [0.15, 0.2) is 16.4 Å². The van der Waals surface area contributed by atoms with E-state index in [1.54, 1.807) is 6.07 Å². The van der Waals surface area contributed by atoms with Crippen LogP contribution in [0.2, 0.25) is 0 Å². The van der Waals surface area contributed by atoms with Crippen molar-refractivity contribution in [3.63, 3.8) is 0 Å². The molecule has 0 heterocycles. The summed E-state index contributed by atoms with van der Waals surface area (Å²) < 4.78 is 27.9. The van der Waals surface area contributed by atoms with Crippen molar-refractivity contribution < 1.29 is 22.7 Å². The van der Waals surface area contributed by atoms with Crippen LogP contribution in [-0.2, 0) is 30.6 Å². The van der Waals surface area contributed by atoms with Gasteiger partial charge >= 0.3 is 5.97 Å². The molecule has 0 saturated heterocycles. The van der Waals surface area contributed by atoms with E-state index in [9.17, 15) is 18.0 Å². The number of aryl methyl sites for hydroxylation is 1. The largest absolute Gasteiger partial charge is 0.455 e. The zero-order chi connectivity index (χ0) is 18.4. The lowest BCUT2D eigenvalue weighted by molar-refractivity contribution is -0.146. The van der Waals surface area contributed by atoms with Crippen LogP contribution in [0.5, 0.6) is 0 Å². The summed E-state index contributed by atoms with van der Waals surface area (Å²) in [5.41, 5.74) is 2.21. The maximum atomic E-state index is 11.8. The summed E-state index contributed by atoms with van der Waals surface area (Å²) in [5.74, 6) is -1.05. The molecule has 0 bridgehead atoms. The lowest BCUT2D eigenvalue weighted by Gasteiger charge is -2.08. The smallest absolute Gasteiger partial charge is 0.310 e. The molecule has 0 aliphatic rings. The summed E-state index contributed by atoms with van der Waals surface area (Å²) >= 11 is 0. The highest BCUT2D eigenvalue weighted by Gasteiger charge is 2.11. The average Bonchev–Trinajstić information content (AvgIpc) is 2.55. The van der Waals surface area contributed by atoms with E-state index in [1.165, 1.54) is 18.2 Å². The number of rotatable bonds is 6. The number of amides is 1. The maximum Gasteiger partial charge on any atom is 0.310 e. The van der Waals surface area contributed by atoms with Gasteiger partial charge in [0.05, 0.1) is 11.3 Å². The fourth-order valence-electron chi connectivity index (χ4n) is 2.07. The van der Waals surface area contributed by atoms with Crippen molar-refractivity contribution in [1.82, 2.24) is 0 Å². The Labute approximate surface area is 146 Å². The van der Waals surface area contributed by atoms with Gasteiger partial charge in [0, 0.05) is 11.9 Å². The standard InChI is InChI=1S/C18H19NO5S/c1-13-6-8-14(9-7-13)10-18(21)24-12-17(20)19-15-4-3-5-16(11-15)25(2,22)23/h3-9,11H,10,12H2,1-2H3,(H,19,20). The van der Waals surface area contributed by atoms with Crippen LogP contribution < -0.4 is 5.32 Å². The number of hydrogen-bond donors (Lipinski definition) is 1. The Morgan fingerprint density at radius 1 is 1.08 bits per heavy atom.